The van der Waals surface area contributed by atoms with Crippen LogP contribution in [0.4, 0.5) is 0 Å². The van der Waals surface area contributed by atoms with Crippen molar-refractivity contribution in [2.45, 2.75) is 19.8 Å². The lowest BCUT2D eigenvalue weighted by Crippen LogP contribution is -2.12. The van der Waals surface area contributed by atoms with Crippen LogP contribution < -0.4 is 0 Å². The van der Waals surface area contributed by atoms with E-state index in [4.69, 9.17) is 0 Å². The summed E-state index contributed by atoms with van der Waals surface area (Å²) in [5.74, 6) is 0. The minimum absolute atomic E-state index is 0. The molecule has 2 heteroatoms. The Hall–Kier alpha value is 0.440. The average Bonchev–Trinajstić information content (AvgIpc) is 1.61. The van der Waals surface area contributed by atoms with E-state index in [0.29, 0.717) is 0 Å². The van der Waals surface area contributed by atoms with E-state index in [-0.39, 0.29) is 17.0 Å². The van der Waals surface area contributed by atoms with Crippen LogP contribution in [0.15, 0.2) is 0 Å². The van der Waals surface area contributed by atoms with Gasteiger partial charge in [0.15, 0.2) is 0 Å². The van der Waals surface area contributed by atoms with Gasteiger partial charge in [-0.25, -0.2) is 0 Å². The zero-order chi connectivity index (χ0) is 5.70. The molecule has 0 rings (SSSR count). The van der Waals surface area contributed by atoms with E-state index in [0.717, 1.165) is 0 Å². The molecule has 0 saturated heterocycles. The molecule has 0 spiro atoms. The molecule has 0 aromatic rings. The molecule has 0 unspecified atom stereocenters. The third-order valence-corrected chi connectivity index (χ3v) is 0.959. The smallest absolute Gasteiger partial charge is 0.00249 e. The quantitative estimate of drug-likeness (QED) is 0.644. The van der Waals surface area contributed by atoms with E-state index in [1.165, 1.54) is 19.4 Å². The molecule has 0 aromatic heterocycles. The molecule has 8 heavy (non-hydrogen) atoms. The maximum atomic E-state index is 2.21. The molecule has 0 aliphatic heterocycles. The van der Waals surface area contributed by atoms with Crippen LogP contribution in [0, 0.1) is 0 Å². The predicted molar refractivity (Wildman–Crippen MR) is 43.8 cm³/mol. The second-order valence-corrected chi connectivity index (χ2v) is 2.16. The van der Waals surface area contributed by atoms with Crippen molar-refractivity contribution in [1.82, 2.24) is 4.90 Å². The van der Waals surface area contributed by atoms with Gasteiger partial charge in [-0.2, -0.15) is 0 Å². The second kappa shape index (κ2) is 7.44. The SMILES string of the molecule is Br.CCCCN(C)C. The first-order valence-corrected chi connectivity index (χ1v) is 2.92. The number of hydrogen-bond donors (Lipinski definition) is 0. The normalized spacial score (nSPS) is 9.00. The van der Waals surface area contributed by atoms with Crippen LogP contribution >= 0.6 is 17.0 Å². The van der Waals surface area contributed by atoms with Gasteiger partial charge in [0.25, 0.3) is 0 Å². The van der Waals surface area contributed by atoms with Crippen LogP contribution in [0.2, 0.25) is 0 Å². The van der Waals surface area contributed by atoms with Gasteiger partial charge >= 0.3 is 0 Å². The predicted octanol–water partition coefficient (Wildman–Crippen LogP) is 1.93. The van der Waals surface area contributed by atoms with Gasteiger partial charge in [-0.15, -0.1) is 17.0 Å². The third kappa shape index (κ3) is 9.67. The Morgan fingerprint density at radius 3 is 1.88 bits per heavy atom. The third-order valence-electron chi connectivity index (χ3n) is 0.959. The first-order valence-electron chi connectivity index (χ1n) is 2.92. The summed E-state index contributed by atoms with van der Waals surface area (Å²) in [7, 11) is 4.21. The largest absolute Gasteiger partial charge is 0.309 e. The zero-order valence-electron chi connectivity index (χ0n) is 5.98. The Morgan fingerprint density at radius 2 is 1.75 bits per heavy atom. The Kier molecular flexibility index (Phi) is 10.5. The fraction of sp³-hybridized carbons (Fsp3) is 1.00. The summed E-state index contributed by atoms with van der Waals surface area (Å²) in [4.78, 5) is 2.21. The molecule has 0 aromatic carbocycles. The highest BCUT2D eigenvalue weighted by atomic mass is 79.9. The van der Waals surface area contributed by atoms with Crippen molar-refractivity contribution < 1.29 is 0 Å². The van der Waals surface area contributed by atoms with Crippen LogP contribution in [0.25, 0.3) is 0 Å². The maximum Gasteiger partial charge on any atom is -0.00249 e. The summed E-state index contributed by atoms with van der Waals surface area (Å²) < 4.78 is 0. The number of nitrogens with zero attached hydrogens (tertiary/aromatic N) is 1. The van der Waals surface area contributed by atoms with Gasteiger partial charge in [-0.1, -0.05) is 13.3 Å². The van der Waals surface area contributed by atoms with Crippen LogP contribution in [0.3, 0.4) is 0 Å². The van der Waals surface area contributed by atoms with Crippen LogP contribution in [-0.2, 0) is 0 Å². The summed E-state index contributed by atoms with van der Waals surface area (Å²) in [6.07, 6.45) is 2.63. The standard InChI is InChI=1S/C6H15N.BrH/c1-4-5-6-7(2)3;/h4-6H2,1-3H3;1H. The van der Waals surface area contributed by atoms with E-state index in [1.807, 2.05) is 0 Å². The van der Waals surface area contributed by atoms with E-state index >= 15 is 0 Å². The van der Waals surface area contributed by atoms with Crippen molar-refractivity contribution in [3.8, 4) is 0 Å². The summed E-state index contributed by atoms with van der Waals surface area (Å²) in [5, 5.41) is 0. The van der Waals surface area contributed by atoms with E-state index in [1.54, 1.807) is 0 Å². The summed E-state index contributed by atoms with van der Waals surface area (Å²) in [6, 6.07) is 0. The Balaban J connectivity index is 0. The van der Waals surface area contributed by atoms with Gasteiger partial charge in [0.1, 0.15) is 0 Å². The molecule has 0 atom stereocenters. The first-order chi connectivity index (χ1) is 3.27. The van der Waals surface area contributed by atoms with Gasteiger partial charge in [0.05, 0.1) is 0 Å². The molecular weight excluding hydrogens is 166 g/mol. The van der Waals surface area contributed by atoms with Crippen LogP contribution in [0.1, 0.15) is 19.8 Å². The number of halogens is 1. The van der Waals surface area contributed by atoms with Crippen molar-refractivity contribution in [3.63, 3.8) is 0 Å². The first kappa shape index (κ1) is 11.3. The van der Waals surface area contributed by atoms with Crippen molar-refractivity contribution in [2.75, 3.05) is 20.6 Å². The molecule has 0 aliphatic rings. The average molecular weight is 182 g/mol. The lowest BCUT2D eigenvalue weighted by atomic mass is 10.3. The fourth-order valence-corrected chi connectivity index (χ4v) is 0.474. The van der Waals surface area contributed by atoms with Crippen molar-refractivity contribution >= 4 is 17.0 Å². The van der Waals surface area contributed by atoms with Gasteiger partial charge in [0, 0.05) is 0 Å². The molecular formula is C6H16BrN. The zero-order valence-corrected chi connectivity index (χ0v) is 7.69. The molecule has 0 radical (unpaired) electrons. The minimum atomic E-state index is 0. The highest BCUT2D eigenvalue weighted by molar-refractivity contribution is 8.93. The monoisotopic (exact) mass is 181 g/mol. The number of unbranched alkanes of at least 4 members (excludes halogenated alkanes) is 1. The highest BCUT2D eigenvalue weighted by Crippen LogP contribution is 1.86. The summed E-state index contributed by atoms with van der Waals surface area (Å²) in [5.41, 5.74) is 0. The lowest BCUT2D eigenvalue weighted by Gasteiger charge is -2.05. The van der Waals surface area contributed by atoms with E-state index < -0.39 is 0 Å². The van der Waals surface area contributed by atoms with Crippen molar-refractivity contribution in [1.29, 1.82) is 0 Å². The highest BCUT2D eigenvalue weighted by Gasteiger charge is 1.83. The second-order valence-electron chi connectivity index (χ2n) is 2.16. The molecule has 0 aliphatic carbocycles. The van der Waals surface area contributed by atoms with Crippen molar-refractivity contribution in [3.05, 3.63) is 0 Å². The number of rotatable bonds is 3. The topological polar surface area (TPSA) is 3.24 Å². The maximum absolute atomic E-state index is 2.21. The molecule has 1 nitrogen and oxygen atoms in total. The molecule has 0 fully saturated rings. The molecule has 0 bridgehead atoms. The van der Waals surface area contributed by atoms with Gasteiger partial charge < -0.3 is 4.90 Å². The minimum Gasteiger partial charge on any atom is -0.309 e. The molecule has 0 amide bonds. The summed E-state index contributed by atoms with van der Waals surface area (Å²) >= 11 is 0. The van der Waals surface area contributed by atoms with Gasteiger partial charge in [-0.3, -0.25) is 0 Å². The molecule has 52 valence electrons. The fourth-order valence-electron chi connectivity index (χ4n) is 0.474. The Labute approximate surface area is 62.8 Å². The van der Waals surface area contributed by atoms with Crippen molar-refractivity contribution in [2.24, 2.45) is 0 Å². The number of hydrogen-bond acceptors (Lipinski definition) is 1. The van der Waals surface area contributed by atoms with Gasteiger partial charge in [-0.05, 0) is 27.1 Å². The molecule has 0 N–H and O–H groups in total. The summed E-state index contributed by atoms with van der Waals surface area (Å²) in [6.45, 7) is 3.44. The molecule has 0 heterocycles. The van der Waals surface area contributed by atoms with E-state index in [2.05, 4.69) is 25.9 Å². The van der Waals surface area contributed by atoms with Crippen LogP contribution in [-0.4, -0.2) is 25.5 Å². The van der Waals surface area contributed by atoms with Gasteiger partial charge in [0.2, 0.25) is 0 Å². The van der Waals surface area contributed by atoms with E-state index in [9.17, 15) is 0 Å². The van der Waals surface area contributed by atoms with Crippen LogP contribution in [0.5, 0.6) is 0 Å². The lowest BCUT2D eigenvalue weighted by molar-refractivity contribution is 0.398. The Bertz CT molecular complexity index is 37.5. The molecule has 0 saturated carbocycles. The Morgan fingerprint density at radius 1 is 1.25 bits per heavy atom.